The van der Waals surface area contributed by atoms with Gasteiger partial charge in [0.1, 0.15) is 6.07 Å². The monoisotopic (exact) mass is 378 g/mol. The predicted molar refractivity (Wildman–Crippen MR) is 106 cm³/mol. The topological polar surface area (TPSA) is 87.7 Å². The molecule has 0 radical (unpaired) electrons. The van der Waals surface area contributed by atoms with Crippen molar-refractivity contribution < 1.29 is 4.74 Å². The van der Waals surface area contributed by atoms with Gasteiger partial charge in [-0.15, -0.1) is 16.9 Å². The van der Waals surface area contributed by atoms with Crippen LogP contribution in [0.3, 0.4) is 0 Å². The van der Waals surface area contributed by atoms with Gasteiger partial charge in [-0.1, -0.05) is 29.8 Å². The van der Waals surface area contributed by atoms with E-state index in [9.17, 15) is 5.26 Å². The Morgan fingerprint density at radius 3 is 2.89 bits per heavy atom. The number of hydrogen-bond donors (Lipinski definition) is 2. The van der Waals surface area contributed by atoms with E-state index in [1.807, 2.05) is 0 Å². The minimum absolute atomic E-state index is 0.0948. The van der Waals surface area contributed by atoms with Gasteiger partial charge >= 0.3 is 0 Å². The first-order valence-electron chi connectivity index (χ1n) is 9.18. The number of ether oxygens (including phenoxy) is 1. The van der Waals surface area contributed by atoms with E-state index in [0.717, 1.165) is 36.3 Å². The molecule has 0 saturated heterocycles. The van der Waals surface area contributed by atoms with E-state index >= 15 is 0 Å². The summed E-state index contributed by atoms with van der Waals surface area (Å²) in [6.07, 6.45) is 7.68. The molecule has 27 heavy (non-hydrogen) atoms. The van der Waals surface area contributed by atoms with Crippen LogP contribution < -0.4 is 10.5 Å². The Labute approximate surface area is 163 Å². The lowest BCUT2D eigenvalue weighted by molar-refractivity contribution is 0.354. The fourth-order valence-electron chi connectivity index (χ4n) is 3.79. The van der Waals surface area contributed by atoms with Gasteiger partial charge < -0.3 is 10.5 Å². The van der Waals surface area contributed by atoms with Crippen LogP contribution in [0, 0.1) is 24.2 Å². The number of aryl methyl sites for hydroxylation is 1. The smallest absolute Gasteiger partial charge is 0.243 e. The second kappa shape index (κ2) is 7.53. The third-order valence-electron chi connectivity index (χ3n) is 5.19. The van der Waals surface area contributed by atoms with Crippen LogP contribution in [0.15, 0.2) is 52.8 Å². The molecule has 0 amide bonds. The average Bonchev–Trinajstić information content (AvgIpc) is 3.09. The van der Waals surface area contributed by atoms with Gasteiger partial charge in [-0.2, -0.15) is 5.26 Å². The molecule has 0 fully saturated rings. The highest BCUT2D eigenvalue weighted by atomic mass is 32.2. The van der Waals surface area contributed by atoms with E-state index in [0.29, 0.717) is 11.5 Å². The Morgan fingerprint density at radius 1 is 1.37 bits per heavy atom. The van der Waals surface area contributed by atoms with Gasteiger partial charge in [0.15, 0.2) is 0 Å². The summed E-state index contributed by atoms with van der Waals surface area (Å²) in [6, 6.07) is 10.8. The SMILES string of the molecule is Cc1ccc(SCc2[nH]nc3c2[C@H]([C@@H]2C=CCCC2)C(C#N)=C(N)O3)cc1. The van der Waals surface area contributed by atoms with Crippen LogP contribution in [-0.2, 0) is 5.75 Å². The summed E-state index contributed by atoms with van der Waals surface area (Å²) >= 11 is 1.74. The average molecular weight is 379 g/mol. The number of benzene rings is 1. The normalized spacial score (nSPS) is 21.5. The van der Waals surface area contributed by atoms with E-state index in [-0.39, 0.29) is 17.7 Å². The molecule has 5 nitrogen and oxygen atoms in total. The van der Waals surface area contributed by atoms with Crippen LogP contribution in [0.2, 0.25) is 0 Å². The fourth-order valence-corrected chi connectivity index (χ4v) is 4.65. The third kappa shape index (κ3) is 3.47. The Hall–Kier alpha value is -2.65. The van der Waals surface area contributed by atoms with Crippen LogP contribution in [0.5, 0.6) is 5.88 Å². The molecule has 0 unspecified atom stereocenters. The van der Waals surface area contributed by atoms with E-state index in [2.05, 4.69) is 59.6 Å². The van der Waals surface area contributed by atoms with Gasteiger partial charge in [-0.3, -0.25) is 5.10 Å². The molecule has 0 spiro atoms. The van der Waals surface area contributed by atoms with Crippen LogP contribution in [0.4, 0.5) is 0 Å². The van der Waals surface area contributed by atoms with Crippen molar-refractivity contribution in [2.45, 2.75) is 42.8 Å². The standard InChI is InChI=1S/C21H22N4OS/c1-13-7-9-15(10-8-13)27-12-17-19-18(14-5-3-2-4-6-14)16(11-22)20(23)26-21(19)25-24-17/h3,5,7-10,14,18H,2,4,6,12,23H2,1H3,(H,24,25)/t14-,18-/m1/s1. The van der Waals surface area contributed by atoms with E-state index in [4.69, 9.17) is 10.5 Å². The Balaban J connectivity index is 1.66. The summed E-state index contributed by atoms with van der Waals surface area (Å²) in [6.45, 7) is 2.08. The molecule has 1 aromatic heterocycles. The zero-order valence-corrected chi connectivity index (χ0v) is 16.1. The quantitative estimate of drug-likeness (QED) is 0.602. The summed E-state index contributed by atoms with van der Waals surface area (Å²) in [7, 11) is 0. The Kier molecular flexibility index (Phi) is 4.95. The van der Waals surface area contributed by atoms with E-state index in [1.54, 1.807) is 11.8 Å². The molecule has 2 aliphatic rings. The van der Waals surface area contributed by atoms with Crippen molar-refractivity contribution in [2.24, 2.45) is 11.7 Å². The summed E-state index contributed by atoms with van der Waals surface area (Å²) < 4.78 is 5.66. The number of nitrogens with two attached hydrogens (primary N) is 1. The first-order chi connectivity index (χ1) is 13.2. The molecular formula is C21H22N4OS. The Bertz CT molecular complexity index is 936. The lowest BCUT2D eigenvalue weighted by Gasteiger charge is -2.30. The van der Waals surface area contributed by atoms with Gasteiger partial charge in [0.2, 0.25) is 11.8 Å². The maximum absolute atomic E-state index is 9.72. The van der Waals surface area contributed by atoms with Crippen LogP contribution >= 0.6 is 11.8 Å². The highest BCUT2D eigenvalue weighted by Gasteiger charge is 2.38. The van der Waals surface area contributed by atoms with Gasteiger partial charge in [-0.05, 0) is 44.2 Å². The number of rotatable bonds is 4. The molecule has 6 heteroatoms. The van der Waals surface area contributed by atoms with Crippen molar-refractivity contribution in [3.8, 4) is 11.9 Å². The molecule has 2 atom stereocenters. The van der Waals surface area contributed by atoms with Gasteiger partial charge in [-0.25, -0.2) is 0 Å². The van der Waals surface area contributed by atoms with Crippen LogP contribution in [-0.4, -0.2) is 10.2 Å². The zero-order valence-electron chi connectivity index (χ0n) is 15.2. The van der Waals surface area contributed by atoms with Crippen molar-refractivity contribution >= 4 is 11.8 Å². The van der Waals surface area contributed by atoms with Gasteiger partial charge in [0.05, 0.1) is 11.3 Å². The lowest BCUT2D eigenvalue weighted by atomic mass is 9.75. The summed E-state index contributed by atoms with van der Waals surface area (Å²) in [5, 5.41) is 17.2. The second-order valence-electron chi connectivity index (χ2n) is 7.02. The molecule has 1 aliphatic carbocycles. The highest BCUT2D eigenvalue weighted by Crippen LogP contribution is 2.46. The number of aromatic nitrogens is 2. The van der Waals surface area contributed by atoms with Crippen LogP contribution in [0.25, 0.3) is 0 Å². The maximum atomic E-state index is 9.72. The summed E-state index contributed by atoms with van der Waals surface area (Å²) in [5.74, 6) is 1.58. The lowest BCUT2D eigenvalue weighted by Crippen LogP contribution is -2.25. The number of hydrogen-bond acceptors (Lipinski definition) is 5. The van der Waals surface area contributed by atoms with Crippen molar-refractivity contribution in [1.82, 2.24) is 10.2 Å². The number of thioether (sulfide) groups is 1. The first kappa shape index (κ1) is 17.7. The molecule has 2 aromatic rings. The fraction of sp³-hybridized carbons (Fsp3) is 0.333. The van der Waals surface area contributed by atoms with Crippen molar-refractivity contribution in [3.63, 3.8) is 0 Å². The summed E-state index contributed by atoms with van der Waals surface area (Å²) in [4.78, 5) is 1.20. The number of nitriles is 1. The third-order valence-corrected chi connectivity index (χ3v) is 6.22. The number of fused-ring (bicyclic) bond motifs is 1. The zero-order chi connectivity index (χ0) is 18.8. The molecule has 4 rings (SSSR count). The molecule has 0 bridgehead atoms. The predicted octanol–water partition coefficient (Wildman–Crippen LogP) is 4.54. The van der Waals surface area contributed by atoms with Gasteiger partial charge in [0.25, 0.3) is 0 Å². The van der Waals surface area contributed by atoms with Gasteiger partial charge in [0, 0.05) is 22.1 Å². The second-order valence-corrected chi connectivity index (χ2v) is 8.06. The minimum atomic E-state index is -0.0948. The van der Waals surface area contributed by atoms with Crippen molar-refractivity contribution in [2.75, 3.05) is 0 Å². The molecule has 1 aromatic carbocycles. The molecular weight excluding hydrogens is 356 g/mol. The molecule has 1 aliphatic heterocycles. The molecule has 0 saturated carbocycles. The number of allylic oxidation sites excluding steroid dienone is 3. The molecule has 2 heterocycles. The van der Waals surface area contributed by atoms with Crippen molar-refractivity contribution in [1.29, 1.82) is 5.26 Å². The number of aromatic amines is 1. The maximum Gasteiger partial charge on any atom is 0.243 e. The van der Waals surface area contributed by atoms with Crippen molar-refractivity contribution in [3.05, 3.63) is 64.7 Å². The van der Waals surface area contributed by atoms with Crippen LogP contribution in [0.1, 0.15) is 42.0 Å². The first-order valence-corrected chi connectivity index (χ1v) is 10.2. The Morgan fingerprint density at radius 2 is 2.19 bits per heavy atom. The molecule has 3 N–H and O–H groups in total. The minimum Gasteiger partial charge on any atom is -0.420 e. The highest BCUT2D eigenvalue weighted by molar-refractivity contribution is 7.98. The molecule has 138 valence electrons. The number of H-pyrrole nitrogens is 1. The van der Waals surface area contributed by atoms with E-state index < -0.39 is 0 Å². The van der Waals surface area contributed by atoms with E-state index in [1.165, 1.54) is 10.5 Å². The summed E-state index contributed by atoms with van der Waals surface area (Å²) in [5.41, 5.74) is 9.79. The number of nitrogens with one attached hydrogen (secondary N) is 1. The largest absolute Gasteiger partial charge is 0.420 e. The number of nitrogens with zero attached hydrogens (tertiary/aromatic N) is 2.